The van der Waals surface area contributed by atoms with E-state index in [2.05, 4.69) is 0 Å². The zero-order chi connectivity index (χ0) is 12.3. The largest absolute Gasteiger partial charge is 0.464 e. The molecule has 0 atom stereocenters. The summed E-state index contributed by atoms with van der Waals surface area (Å²) in [7, 11) is 0. The first-order valence-electron chi connectivity index (χ1n) is 5.40. The number of carbonyl (C=O) groups excluding carboxylic acids is 1. The average Bonchev–Trinajstić information content (AvgIpc) is 2.32. The van der Waals surface area contributed by atoms with Gasteiger partial charge < -0.3 is 9.30 Å². The minimum atomic E-state index is -0.334. The van der Waals surface area contributed by atoms with Crippen molar-refractivity contribution in [2.75, 3.05) is 6.61 Å². The van der Waals surface area contributed by atoms with Crippen LogP contribution >= 0.6 is 0 Å². The van der Waals surface area contributed by atoms with Gasteiger partial charge in [-0.05, 0) is 17.5 Å². The summed E-state index contributed by atoms with van der Waals surface area (Å²) < 4.78 is 6.36. The molecule has 0 radical (unpaired) electrons. The SMILES string of the molecule is CC(=O)OCCn1ccc2ccccc2c1=O. The van der Waals surface area contributed by atoms with Gasteiger partial charge in [0.2, 0.25) is 0 Å². The molecule has 1 aromatic carbocycles. The molecule has 2 aromatic rings. The Labute approximate surface area is 98.4 Å². The van der Waals surface area contributed by atoms with Crippen LogP contribution in [0, 0.1) is 0 Å². The number of aromatic nitrogens is 1. The van der Waals surface area contributed by atoms with E-state index in [1.165, 1.54) is 6.92 Å². The van der Waals surface area contributed by atoms with E-state index < -0.39 is 0 Å². The third-order valence-electron chi connectivity index (χ3n) is 2.52. The molecule has 88 valence electrons. The number of hydrogen-bond acceptors (Lipinski definition) is 3. The van der Waals surface area contributed by atoms with Crippen LogP contribution in [-0.2, 0) is 16.1 Å². The van der Waals surface area contributed by atoms with E-state index in [0.717, 1.165) is 5.39 Å². The van der Waals surface area contributed by atoms with Crippen LogP contribution in [-0.4, -0.2) is 17.1 Å². The fourth-order valence-electron chi connectivity index (χ4n) is 1.69. The van der Waals surface area contributed by atoms with Gasteiger partial charge in [0.15, 0.2) is 0 Å². The predicted molar refractivity (Wildman–Crippen MR) is 64.8 cm³/mol. The summed E-state index contributed by atoms with van der Waals surface area (Å²) in [5, 5.41) is 1.60. The van der Waals surface area contributed by atoms with Gasteiger partial charge in [0.1, 0.15) is 6.61 Å². The van der Waals surface area contributed by atoms with Crippen molar-refractivity contribution < 1.29 is 9.53 Å². The monoisotopic (exact) mass is 231 g/mol. The Kier molecular flexibility index (Phi) is 3.23. The maximum atomic E-state index is 12.0. The van der Waals surface area contributed by atoms with E-state index in [1.54, 1.807) is 16.8 Å². The molecule has 2 rings (SSSR count). The second-order valence-corrected chi connectivity index (χ2v) is 3.74. The Morgan fingerprint density at radius 3 is 2.82 bits per heavy atom. The second-order valence-electron chi connectivity index (χ2n) is 3.74. The molecular weight excluding hydrogens is 218 g/mol. The molecule has 0 bridgehead atoms. The van der Waals surface area contributed by atoms with Crippen molar-refractivity contribution in [3.8, 4) is 0 Å². The van der Waals surface area contributed by atoms with Crippen LogP contribution in [0.2, 0.25) is 0 Å². The van der Waals surface area contributed by atoms with Crippen molar-refractivity contribution in [2.24, 2.45) is 0 Å². The van der Waals surface area contributed by atoms with Crippen molar-refractivity contribution >= 4 is 16.7 Å². The van der Waals surface area contributed by atoms with E-state index >= 15 is 0 Å². The molecule has 0 saturated carbocycles. The summed E-state index contributed by atoms with van der Waals surface area (Å²) in [6.07, 6.45) is 1.72. The Morgan fingerprint density at radius 1 is 1.29 bits per heavy atom. The zero-order valence-electron chi connectivity index (χ0n) is 9.55. The Hall–Kier alpha value is -2.10. The van der Waals surface area contributed by atoms with E-state index in [1.807, 2.05) is 24.3 Å². The highest BCUT2D eigenvalue weighted by molar-refractivity contribution is 5.81. The first kappa shape index (κ1) is 11.4. The maximum absolute atomic E-state index is 12.0. The standard InChI is InChI=1S/C13H13NO3/c1-10(15)17-9-8-14-7-6-11-4-2-3-5-12(11)13(14)16/h2-7H,8-9H2,1H3. The van der Waals surface area contributed by atoms with Crippen LogP contribution in [0.1, 0.15) is 6.92 Å². The third-order valence-corrected chi connectivity index (χ3v) is 2.52. The molecule has 1 aromatic heterocycles. The molecule has 0 aliphatic carbocycles. The number of hydrogen-bond donors (Lipinski definition) is 0. The molecule has 0 amide bonds. The molecule has 0 aliphatic rings. The van der Waals surface area contributed by atoms with Crippen molar-refractivity contribution in [1.29, 1.82) is 0 Å². The number of pyridine rings is 1. The number of fused-ring (bicyclic) bond motifs is 1. The second kappa shape index (κ2) is 4.82. The molecule has 0 saturated heterocycles. The minimum Gasteiger partial charge on any atom is -0.464 e. The van der Waals surface area contributed by atoms with Crippen LogP contribution < -0.4 is 5.56 Å². The molecule has 0 aliphatic heterocycles. The molecular formula is C13H13NO3. The van der Waals surface area contributed by atoms with E-state index in [4.69, 9.17) is 4.74 Å². The molecule has 0 spiro atoms. The van der Waals surface area contributed by atoms with Crippen molar-refractivity contribution in [3.63, 3.8) is 0 Å². The van der Waals surface area contributed by atoms with E-state index in [9.17, 15) is 9.59 Å². The quantitative estimate of drug-likeness (QED) is 0.753. The first-order chi connectivity index (χ1) is 8.18. The fourth-order valence-corrected chi connectivity index (χ4v) is 1.69. The summed E-state index contributed by atoms with van der Waals surface area (Å²) in [6, 6.07) is 9.29. The highest BCUT2D eigenvalue weighted by Gasteiger charge is 2.02. The van der Waals surface area contributed by atoms with Gasteiger partial charge in [0, 0.05) is 18.5 Å². The van der Waals surface area contributed by atoms with Crippen molar-refractivity contribution in [2.45, 2.75) is 13.5 Å². The molecule has 4 nitrogen and oxygen atoms in total. The van der Waals surface area contributed by atoms with Crippen LogP contribution in [0.15, 0.2) is 41.3 Å². The number of rotatable bonds is 3. The number of carbonyl (C=O) groups is 1. The number of ether oxygens (including phenoxy) is 1. The number of benzene rings is 1. The topological polar surface area (TPSA) is 48.3 Å². The Balaban J connectivity index is 2.27. The fraction of sp³-hybridized carbons (Fsp3) is 0.231. The van der Waals surface area contributed by atoms with Crippen LogP contribution in [0.5, 0.6) is 0 Å². The van der Waals surface area contributed by atoms with Crippen molar-refractivity contribution in [3.05, 3.63) is 46.9 Å². The molecule has 1 heterocycles. The lowest BCUT2D eigenvalue weighted by Crippen LogP contribution is -2.22. The van der Waals surface area contributed by atoms with Crippen molar-refractivity contribution in [1.82, 2.24) is 4.57 Å². The average molecular weight is 231 g/mol. The van der Waals surface area contributed by atoms with Gasteiger partial charge in [-0.15, -0.1) is 0 Å². The molecule has 0 N–H and O–H groups in total. The van der Waals surface area contributed by atoms with Gasteiger partial charge in [0.25, 0.3) is 5.56 Å². The first-order valence-corrected chi connectivity index (χ1v) is 5.40. The summed E-state index contributed by atoms with van der Waals surface area (Å²) >= 11 is 0. The normalized spacial score (nSPS) is 10.4. The Bertz CT molecular complexity index is 601. The predicted octanol–water partition coefficient (Wildman–Crippen LogP) is 1.56. The van der Waals surface area contributed by atoms with E-state index in [-0.39, 0.29) is 18.1 Å². The molecule has 17 heavy (non-hydrogen) atoms. The highest BCUT2D eigenvalue weighted by Crippen LogP contribution is 2.07. The van der Waals surface area contributed by atoms with Gasteiger partial charge in [-0.25, -0.2) is 0 Å². The summed E-state index contributed by atoms with van der Waals surface area (Å²) in [5.74, 6) is -0.334. The van der Waals surface area contributed by atoms with Crippen LogP contribution in [0.4, 0.5) is 0 Å². The van der Waals surface area contributed by atoms with Gasteiger partial charge in [-0.2, -0.15) is 0 Å². The molecule has 0 fully saturated rings. The highest BCUT2D eigenvalue weighted by atomic mass is 16.5. The van der Waals surface area contributed by atoms with Gasteiger partial charge in [-0.1, -0.05) is 18.2 Å². The summed E-state index contributed by atoms with van der Waals surface area (Å²) in [6.45, 7) is 1.94. The van der Waals surface area contributed by atoms with Gasteiger partial charge >= 0.3 is 5.97 Å². The lowest BCUT2D eigenvalue weighted by Gasteiger charge is -2.07. The third kappa shape index (κ3) is 2.53. The number of nitrogens with zero attached hydrogens (tertiary/aromatic N) is 1. The number of esters is 1. The Morgan fingerprint density at radius 2 is 2.06 bits per heavy atom. The molecule has 0 unspecified atom stereocenters. The maximum Gasteiger partial charge on any atom is 0.302 e. The summed E-state index contributed by atoms with van der Waals surface area (Å²) in [4.78, 5) is 22.6. The molecule has 4 heteroatoms. The van der Waals surface area contributed by atoms with Crippen LogP contribution in [0.3, 0.4) is 0 Å². The smallest absolute Gasteiger partial charge is 0.302 e. The van der Waals surface area contributed by atoms with Gasteiger partial charge in [0.05, 0.1) is 6.54 Å². The lowest BCUT2D eigenvalue weighted by molar-refractivity contribution is -0.141. The summed E-state index contributed by atoms with van der Waals surface area (Å²) in [5.41, 5.74) is -0.0600. The zero-order valence-corrected chi connectivity index (χ0v) is 9.55. The van der Waals surface area contributed by atoms with E-state index in [0.29, 0.717) is 11.9 Å². The van der Waals surface area contributed by atoms with Crippen LogP contribution in [0.25, 0.3) is 10.8 Å². The minimum absolute atomic E-state index is 0.0600. The lowest BCUT2D eigenvalue weighted by atomic mass is 10.2. The van der Waals surface area contributed by atoms with Gasteiger partial charge in [-0.3, -0.25) is 9.59 Å².